The summed E-state index contributed by atoms with van der Waals surface area (Å²) in [5.74, 6) is 1.38. The zero-order valence-electron chi connectivity index (χ0n) is 12.4. The Kier molecular flexibility index (Phi) is 3.90. The van der Waals surface area contributed by atoms with Crippen molar-refractivity contribution in [2.75, 3.05) is 6.61 Å². The number of fused-ring (bicyclic) bond motifs is 1. The van der Waals surface area contributed by atoms with E-state index in [1.807, 2.05) is 38.1 Å². The van der Waals surface area contributed by atoms with Crippen LogP contribution in [0.15, 0.2) is 42.2 Å². The third-order valence-electron chi connectivity index (χ3n) is 3.45. The lowest BCUT2D eigenvalue weighted by molar-refractivity contribution is 0.101. The lowest BCUT2D eigenvalue weighted by Gasteiger charge is -2.06. The summed E-state index contributed by atoms with van der Waals surface area (Å²) < 4.78 is 11.2. The fraction of sp³-hybridized carbons (Fsp3) is 0.167. The van der Waals surface area contributed by atoms with Gasteiger partial charge in [0.1, 0.15) is 11.5 Å². The number of allylic oxidation sites excluding steroid dienone is 1. The largest absolute Gasteiger partial charge is 0.494 e. The molecule has 1 aliphatic heterocycles. The molecule has 0 N–H and O–H groups in total. The molecular formula is C18H15ClO3. The number of carbonyl (C=O) groups is 1. The summed E-state index contributed by atoms with van der Waals surface area (Å²) in [5, 5.41) is 0.578. The molecule has 0 atom stereocenters. The highest BCUT2D eigenvalue weighted by Gasteiger charge is 2.30. The van der Waals surface area contributed by atoms with Crippen molar-refractivity contribution >= 4 is 23.5 Å². The van der Waals surface area contributed by atoms with Crippen molar-refractivity contribution in [3.05, 3.63) is 63.9 Å². The molecule has 0 saturated heterocycles. The monoisotopic (exact) mass is 314 g/mol. The molecule has 22 heavy (non-hydrogen) atoms. The highest BCUT2D eigenvalue weighted by Crippen LogP contribution is 2.37. The molecule has 1 aliphatic rings. The molecule has 0 bridgehead atoms. The first-order chi connectivity index (χ1) is 10.6. The van der Waals surface area contributed by atoms with E-state index in [1.165, 1.54) is 0 Å². The van der Waals surface area contributed by atoms with E-state index in [2.05, 4.69) is 0 Å². The zero-order chi connectivity index (χ0) is 15.7. The molecule has 0 unspecified atom stereocenters. The van der Waals surface area contributed by atoms with E-state index in [0.717, 1.165) is 11.1 Å². The zero-order valence-corrected chi connectivity index (χ0v) is 13.1. The van der Waals surface area contributed by atoms with Crippen LogP contribution in [0.5, 0.6) is 11.5 Å². The minimum Gasteiger partial charge on any atom is -0.494 e. The Balaban J connectivity index is 2.01. The molecule has 0 saturated carbocycles. The summed E-state index contributed by atoms with van der Waals surface area (Å²) in [4.78, 5) is 12.5. The third kappa shape index (κ3) is 2.60. The standard InChI is InChI=1S/C18H15ClO3/c1-3-21-13-8-11(2)17-15(10-13)22-16(18(17)20)9-12-6-4-5-7-14(12)19/h4-10H,3H2,1-2H3/b16-9-. The average molecular weight is 315 g/mol. The number of benzene rings is 2. The maximum absolute atomic E-state index is 12.5. The molecule has 0 radical (unpaired) electrons. The Hall–Kier alpha value is -2.26. The molecular weight excluding hydrogens is 300 g/mol. The second kappa shape index (κ2) is 5.85. The smallest absolute Gasteiger partial charge is 0.232 e. The van der Waals surface area contributed by atoms with Crippen LogP contribution in [0.1, 0.15) is 28.4 Å². The Bertz CT molecular complexity index is 778. The first kappa shape index (κ1) is 14.7. The van der Waals surface area contributed by atoms with Crippen molar-refractivity contribution in [3.8, 4) is 11.5 Å². The molecule has 0 amide bonds. The Morgan fingerprint density at radius 3 is 2.77 bits per heavy atom. The van der Waals surface area contributed by atoms with Gasteiger partial charge in [0.05, 0.1) is 12.2 Å². The summed E-state index contributed by atoms with van der Waals surface area (Å²) in [6.07, 6.45) is 1.67. The minimum atomic E-state index is -0.129. The Labute approximate surface area is 134 Å². The van der Waals surface area contributed by atoms with E-state index in [-0.39, 0.29) is 11.5 Å². The quantitative estimate of drug-likeness (QED) is 0.773. The van der Waals surface area contributed by atoms with E-state index in [4.69, 9.17) is 21.1 Å². The summed E-state index contributed by atoms with van der Waals surface area (Å²) in [5.41, 5.74) is 2.18. The Morgan fingerprint density at radius 2 is 2.05 bits per heavy atom. The van der Waals surface area contributed by atoms with Crippen LogP contribution in [0, 0.1) is 6.92 Å². The first-order valence-corrected chi connectivity index (χ1v) is 7.44. The van der Waals surface area contributed by atoms with Crippen molar-refractivity contribution in [1.82, 2.24) is 0 Å². The highest BCUT2D eigenvalue weighted by atomic mass is 35.5. The van der Waals surface area contributed by atoms with E-state index in [9.17, 15) is 4.79 Å². The fourth-order valence-corrected chi connectivity index (χ4v) is 2.65. The van der Waals surface area contributed by atoms with Gasteiger partial charge in [0, 0.05) is 11.1 Å². The lowest BCUT2D eigenvalue weighted by atomic mass is 10.0. The predicted octanol–water partition coefficient (Wildman–Crippen LogP) is 4.66. The fourth-order valence-electron chi connectivity index (χ4n) is 2.46. The van der Waals surface area contributed by atoms with Gasteiger partial charge < -0.3 is 9.47 Å². The van der Waals surface area contributed by atoms with Gasteiger partial charge >= 0.3 is 0 Å². The second-order valence-corrected chi connectivity index (χ2v) is 5.41. The van der Waals surface area contributed by atoms with E-state index in [1.54, 1.807) is 18.2 Å². The molecule has 112 valence electrons. The number of aryl methyl sites for hydroxylation is 1. The van der Waals surface area contributed by atoms with E-state index < -0.39 is 0 Å². The van der Waals surface area contributed by atoms with E-state index in [0.29, 0.717) is 28.7 Å². The topological polar surface area (TPSA) is 35.5 Å². The van der Waals surface area contributed by atoms with Gasteiger partial charge in [-0.2, -0.15) is 0 Å². The number of hydrogen-bond acceptors (Lipinski definition) is 3. The average Bonchev–Trinajstić information content (AvgIpc) is 2.78. The van der Waals surface area contributed by atoms with Gasteiger partial charge in [0.25, 0.3) is 0 Å². The highest BCUT2D eigenvalue weighted by molar-refractivity contribution is 6.32. The number of rotatable bonds is 3. The van der Waals surface area contributed by atoms with Gasteiger partial charge in [-0.15, -0.1) is 0 Å². The van der Waals surface area contributed by atoms with E-state index >= 15 is 0 Å². The molecule has 1 heterocycles. The summed E-state index contributed by atoms with van der Waals surface area (Å²) in [6.45, 7) is 4.35. The molecule has 0 aromatic heterocycles. The summed E-state index contributed by atoms with van der Waals surface area (Å²) in [7, 11) is 0. The van der Waals surface area contributed by atoms with Crippen LogP contribution in [0.3, 0.4) is 0 Å². The van der Waals surface area contributed by atoms with Crippen LogP contribution in [0.25, 0.3) is 6.08 Å². The van der Waals surface area contributed by atoms with Crippen molar-refractivity contribution in [1.29, 1.82) is 0 Å². The van der Waals surface area contributed by atoms with Crippen molar-refractivity contribution < 1.29 is 14.3 Å². The number of halogens is 1. The van der Waals surface area contributed by atoms with Crippen molar-refractivity contribution in [3.63, 3.8) is 0 Å². The molecule has 0 fully saturated rings. The van der Waals surface area contributed by atoms with Crippen molar-refractivity contribution in [2.45, 2.75) is 13.8 Å². The third-order valence-corrected chi connectivity index (χ3v) is 3.79. The number of Topliss-reactive ketones (excluding diaryl/α,β-unsaturated/α-hetero) is 1. The minimum absolute atomic E-state index is 0.129. The van der Waals surface area contributed by atoms with Crippen LogP contribution in [0.4, 0.5) is 0 Å². The molecule has 0 spiro atoms. The normalized spacial score (nSPS) is 14.9. The number of ether oxygens (including phenoxy) is 2. The van der Waals surface area contributed by atoms with Gasteiger partial charge in [-0.25, -0.2) is 0 Å². The number of carbonyl (C=O) groups excluding carboxylic acids is 1. The molecule has 3 rings (SSSR count). The molecule has 3 nitrogen and oxygen atoms in total. The maximum Gasteiger partial charge on any atom is 0.232 e. The number of ketones is 1. The van der Waals surface area contributed by atoms with Gasteiger partial charge in [-0.3, -0.25) is 4.79 Å². The first-order valence-electron chi connectivity index (χ1n) is 7.06. The van der Waals surface area contributed by atoms with Crippen LogP contribution in [-0.2, 0) is 0 Å². The predicted molar refractivity (Wildman–Crippen MR) is 86.7 cm³/mol. The number of hydrogen-bond donors (Lipinski definition) is 0. The lowest BCUT2D eigenvalue weighted by Crippen LogP contribution is -2.00. The van der Waals surface area contributed by atoms with Crippen LogP contribution < -0.4 is 9.47 Å². The second-order valence-electron chi connectivity index (χ2n) is 5.01. The van der Waals surface area contributed by atoms with Crippen LogP contribution in [-0.4, -0.2) is 12.4 Å². The Morgan fingerprint density at radius 1 is 1.27 bits per heavy atom. The molecule has 4 heteroatoms. The maximum atomic E-state index is 12.5. The SMILES string of the molecule is CCOc1cc(C)c2c(c1)O/C(=C\c1ccccc1Cl)C2=O. The summed E-state index contributed by atoms with van der Waals surface area (Å²) >= 11 is 6.13. The molecule has 2 aromatic carbocycles. The van der Waals surface area contributed by atoms with Crippen LogP contribution in [0.2, 0.25) is 5.02 Å². The molecule has 0 aliphatic carbocycles. The van der Waals surface area contributed by atoms with Gasteiger partial charge in [0.15, 0.2) is 5.76 Å². The summed E-state index contributed by atoms with van der Waals surface area (Å²) in [6, 6.07) is 10.9. The van der Waals surface area contributed by atoms with Gasteiger partial charge in [-0.05, 0) is 43.2 Å². The van der Waals surface area contributed by atoms with Crippen molar-refractivity contribution in [2.24, 2.45) is 0 Å². The van der Waals surface area contributed by atoms with Gasteiger partial charge in [-0.1, -0.05) is 29.8 Å². The van der Waals surface area contributed by atoms with Crippen LogP contribution >= 0.6 is 11.6 Å². The molecule has 2 aromatic rings. The van der Waals surface area contributed by atoms with Gasteiger partial charge in [0.2, 0.25) is 5.78 Å².